The van der Waals surface area contributed by atoms with Crippen molar-refractivity contribution < 1.29 is 0 Å². The molecule has 66 valence electrons. The van der Waals surface area contributed by atoms with Crippen LogP contribution < -0.4 is 0 Å². The van der Waals surface area contributed by atoms with Crippen molar-refractivity contribution in [3.63, 3.8) is 0 Å². The van der Waals surface area contributed by atoms with E-state index in [2.05, 4.69) is 34.7 Å². The molecule has 1 saturated heterocycles. The second kappa shape index (κ2) is 4.46. The molecule has 2 heteroatoms. The van der Waals surface area contributed by atoms with Crippen molar-refractivity contribution in [3.05, 3.63) is 0 Å². The first-order valence-electron chi connectivity index (χ1n) is 4.60. The van der Waals surface area contributed by atoms with Gasteiger partial charge in [-0.15, -0.1) is 0 Å². The van der Waals surface area contributed by atoms with Crippen LogP contribution in [0.25, 0.3) is 0 Å². The summed E-state index contributed by atoms with van der Waals surface area (Å²) in [6, 6.07) is 0. The molecule has 1 rings (SSSR count). The van der Waals surface area contributed by atoms with Crippen LogP contribution in [0.2, 0.25) is 0 Å². The van der Waals surface area contributed by atoms with Crippen LogP contribution >= 0.6 is 15.9 Å². The number of hydrogen-bond donors (Lipinski definition) is 0. The van der Waals surface area contributed by atoms with Gasteiger partial charge < -0.3 is 4.90 Å². The van der Waals surface area contributed by atoms with E-state index in [9.17, 15) is 0 Å². The zero-order valence-electron chi connectivity index (χ0n) is 7.52. The maximum atomic E-state index is 3.72. The summed E-state index contributed by atoms with van der Waals surface area (Å²) < 4.78 is 0. The molecular weight excluding hydrogens is 202 g/mol. The van der Waals surface area contributed by atoms with Crippen LogP contribution in [0.4, 0.5) is 0 Å². The highest BCUT2D eigenvalue weighted by molar-refractivity contribution is 9.09. The zero-order valence-corrected chi connectivity index (χ0v) is 9.10. The minimum Gasteiger partial charge on any atom is -0.302 e. The third-order valence-electron chi connectivity index (χ3n) is 2.49. The molecule has 0 aromatic carbocycles. The summed E-state index contributed by atoms with van der Waals surface area (Å²) in [6.07, 6.45) is 2.64. The van der Waals surface area contributed by atoms with Crippen molar-refractivity contribution in [3.8, 4) is 0 Å². The summed E-state index contributed by atoms with van der Waals surface area (Å²) in [4.78, 5) is 3.28. The summed E-state index contributed by atoms with van der Waals surface area (Å²) in [6.45, 7) is 8.41. The lowest BCUT2D eigenvalue weighted by atomic mass is 9.99. The van der Waals surface area contributed by atoms with Crippen LogP contribution in [-0.4, -0.2) is 29.4 Å². The molecule has 1 aliphatic heterocycles. The van der Waals surface area contributed by atoms with Gasteiger partial charge in [0.2, 0.25) is 0 Å². The molecule has 0 spiro atoms. The van der Waals surface area contributed by atoms with Gasteiger partial charge in [0.15, 0.2) is 0 Å². The first-order valence-corrected chi connectivity index (χ1v) is 5.52. The van der Waals surface area contributed by atoms with Crippen molar-refractivity contribution in [2.24, 2.45) is 5.92 Å². The van der Waals surface area contributed by atoms with Crippen LogP contribution in [0.5, 0.6) is 0 Å². The monoisotopic (exact) mass is 219 g/mol. The lowest BCUT2D eigenvalue weighted by Crippen LogP contribution is -2.40. The lowest BCUT2D eigenvalue weighted by Gasteiger charge is -2.33. The number of rotatable bonds is 2. The van der Waals surface area contributed by atoms with E-state index < -0.39 is 0 Å². The van der Waals surface area contributed by atoms with Gasteiger partial charge in [-0.3, -0.25) is 0 Å². The molecule has 1 aliphatic rings. The predicted octanol–water partition coefficient (Wildman–Crippen LogP) is 2.50. The summed E-state index contributed by atoms with van der Waals surface area (Å²) in [5.74, 6) is 0.864. The maximum Gasteiger partial charge on any atom is 0.0299 e. The van der Waals surface area contributed by atoms with Crippen molar-refractivity contribution in [1.29, 1.82) is 0 Å². The molecule has 0 aliphatic carbocycles. The molecule has 2 unspecified atom stereocenters. The Labute approximate surface area is 78.3 Å². The third-order valence-corrected chi connectivity index (χ3v) is 3.68. The Morgan fingerprint density at radius 1 is 1.55 bits per heavy atom. The van der Waals surface area contributed by atoms with Gasteiger partial charge in [-0.2, -0.15) is 0 Å². The topological polar surface area (TPSA) is 3.24 Å². The molecule has 0 saturated carbocycles. The Balaban J connectivity index is 2.28. The Morgan fingerprint density at radius 2 is 2.27 bits per heavy atom. The molecule has 0 radical (unpaired) electrons. The van der Waals surface area contributed by atoms with Crippen molar-refractivity contribution in [2.75, 3.05) is 19.6 Å². The fourth-order valence-electron chi connectivity index (χ4n) is 1.60. The smallest absolute Gasteiger partial charge is 0.0299 e. The lowest BCUT2D eigenvalue weighted by molar-refractivity contribution is 0.202. The van der Waals surface area contributed by atoms with Crippen LogP contribution in [0.3, 0.4) is 0 Å². The first kappa shape index (κ1) is 9.53. The molecule has 1 fully saturated rings. The Kier molecular flexibility index (Phi) is 3.86. The average Bonchev–Trinajstić information content (AvgIpc) is 1.98. The molecule has 1 nitrogen and oxygen atoms in total. The SMILES string of the molecule is CCCN1CCC(C)C(Br)C1. The molecule has 0 aromatic heterocycles. The predicted molar refractivity (Wildman–Crippen MR) is 53.2 cm³/mol. The van der Waals surface area contributed by atoms with E-state index in [4.69, 9.17) is 0 Å². The van der Waals surface area contributed by atoms with Gasteiger partial charge in [-0.1, -0.05) is 29.8 Å². The van der Waals surface area contributed by atoms with Crippen LogP contribution in [-0.2, 0) is 0 Å². The second-order valence-electron chi connectivity index (χ2n) is 3.58. The molecule has 0 aromatic rings. The maximum absolute atomic E-state index is 3.72. The fraction of sp³-hybridized carbons (Fsp3) is 1.00. The molecule has 11 heavy (non-hydrogen) atoms. The number of likely N-dealkylation sites (tertiary alicyclic amines) is 1. The number of piperidine rings is 1. The van der Waals surface area contributed by atoms with Crippen LogP contribution in [0.1, 0.15) is 26.7 Å². The highest BCUT2D eigenvalue weighted by atomic mass is 79.9. The Morgan fingerprint density at radius 3 is 2.82 bits per heavy atom. The second-order valence-corrected chi connectivity index (χ2v) is 4.76. The average molecular weight is 220 g/mol. The van der Waals surface area contributed by atoms with E-state index in [1.165, 1.54) is 32.5 Å². The van der Waals surface area contributed by atoms with E-state index in [1.54, 1.807) is 0 Å². The van der Waals surface area contributed by atoms with E-state index in [0.29, 0.717) is 0 Å². The number of hydrogen-bond acceptors (Lipinski definition) is 1. The minimum absolute atomic E-state index is 0.725. The number of nitrogens with zero attached hydrogens (tertiary/aromatic N) is 1. The van der Waals surface area contributed by atoms with Gasteiger partial charge in [0.1, 0.15) is 0 Å². The first-order chi connectivity index (χ1) is 5.24. The number of alkyl halides is 1. The minimum atomic E-state index is 0.725. The standard InChI is InChI=1S/C9H18BrN/c1-3-5-11-6-4-8(2)9(10)7-11/h8-9H,3-7H2,1-2H3. The van der Waals surface area contributed by atoms with Gasteiger partial charge in [-0.05, 0) is 31.8 Å². The Bertz CT molecular complexity index is 116. The molecule has 0 amide bonds. The third kappa shape index (κ3) is 2.75. The summed E-state index contributed by atoms with van der Waals surface area (Å²) >= 11 is 3.72. The normalized spacial score (nSPS) is 34.1. The zero-order chi connectivity index (χ0) is 8.27. The summed E-state index contributed by atoms with van der Waals surface area (Å²) in [5, 5.41) is 0. The molecular formula is C9H18BrN. The van der Waals surface area contributed by atoms with Crippen molar-refractivity contribution in [1.82, 2.24) is 4.90 Å². The van der Waals surface area contributed by atoms with Gasteiger partial charge in [-0.25, -0.2) is 0 Å². The van der Waals surface area contributed by atoms with Gasteiger partial charge >= 0.3 is 0 Å². The summed E-state index contributed by atoms with van der Waals surface area (Å²) in [5.41, 5.74) is 0. The van der Waals surface area contributed by atoms with Gasteiger partial charge in [0, 0.05) is 11.4 Å². The van der Waals surface area contributed by atoms with Crippen molar-refractivity contribution in [2.45, 2.75) is 31.5 Å². The van der Waals surface area contributed by atoms with E-state index in [-0.39, 0.29) is 0 Å². The highest BCUT2D eigenvalue weighted by Crippen LogP contribution is 2.22. The summed E-state index contributed by atoms with van der Waals surface area (Å²) in [7, 11) is 0. The van der Waals surface area contributed by atoms with E-state index in [0.717, 1.165) is 10.7 Å². The van der Waals surface area contributed by atoms with Gasteiger partial charge in [0.25, 0.3) is 0 Å². The van der Waals surface area contributed by atoms with Crippen molar-refractivity contribution >= 4 is 15.9 Å². The Hall–Kier alpha value is 0.440. The molecule has 2 atom stereocenters. The van der Waals surface area contributed by atoms with E-state index in [1.807, 2.05) is 0 Å². The highest BCUT2D eigenvalue weighted by Gasteiger charge is 2.22. The van der Waals surface area contributed by atoms with Crippen LogP contribution in [0.15, 0.2) is 0 Å². The molecule has 0 N–H and O–H groups in total. The fourth-order valence-corrected chi connectivity index (χ4v) is 2.28. The number of halogens is 1. The molecule has 1 heterocycles. The largest absolute Gasteiger partial charge is 0.302 e. The van der Waals surface area contributed by atoms with Crippen LogP contribution in [0, 0.1) is 5.92 Å². The quantitative estimate of drug-likeness (QED) is 0.646. The van der Waals surface area contributed by atoms with E-state index >= 15 is 0 Å². The van der Waals surface area contributed by atoms with Gasteiger partial charge in [0.05, 0.1) is 0 Å². The molecule has 0 bridgehead atoms.